The van der Waals surface area contributed by atoms with Crippen LogP contribution in [0.25, 0.3) is 0 Å². The second-order valence-corrected chi connectivity index (χ2v) is 4.73. The maximum atomic E-state index is 12.1. The lowest BCUT2D eigenvalue weighted by molar-refractivity contribution is -0.274. The Bertz CT molecular complexity index is 550. The normalized spacial score (nSPS) is 12.0. The van der Waals surface area contributed by atoms with Crippen molar-refractivity contribution in [2.75, 3.05) is 6.26 Å². The highest BCUT2D eigenvalue weighted by molar-refractivity contribution is 7.86. The van der Waals surface area contributed by atoms with Crippen LogP contribution in [0.5, 0.6) is 11.5 Å². The van der Waals surface area contributed by atoms with E-state index in [0.29, 0.717) is 6.26 Å². The third kappa shape index (κ3) is 4.62. The van der Waals surface area contributed by atoms with Gasteiger partial charge >= 0.3 is 16.5 Å². The molecule has 0 fully saturated rings. The molecule has 0 radical (unpaired) electrons. The first kappa shape index (κ1) is 14.3. The van der Waals surface area contributed by atoms with Gasteiger partial charge in [-0.1, -0.05) is 0 Å². The lowest BCUT2D eigenvalue weighted by atomic mass is 10.2. The maximum Gasteiger partial charge on any atom is 0.573 e. The average Bonchev–Trinajstić information content (AvgIpc) is 2.16. The van der Waals surface area contributed by atoms with E-state index in [1.54, 1.807) is 0 Å². The highest BCUT2D eigenvalue weighted by Crippen LogP contribution is 2.33. The zero-order valence-corrected chi connectivity index (χ0v) is 9.71. The molecule has 5 nitrogen and oxygen atoms in total. The zero-order chi connectivity index (χ0) is 14.0. The van der Waals surface area contributed by atoms with Crippen LogP contribution in [-0.2, 0) is 10.1 Å². The van der Waals surface area contributed by atoms with Crippen LogP contribution >= 0.6 is 0 Å². The second kappa shape index (κ2) is 4.84. The van der Waals surface area contributed by atoms with Crippen molar-refractivity contribution in [1.29, 1.82) is 0 Å². The van der Waals surface area contributed by atoms with Crippen molar-refractivity contribution in [3.8, 4) is 11.5 Å². The van der Waals surface area contributed by atoms with Crippen LogP contribution in [0.3, 0.4) is 0 Å². The predicted molar refractivity (Wildman–Crippen MR) is 54.0 cm³/mol. The van der Waals surface area contributed by atoms with E-state index < -0.39 is 28.0 Å². The Balaban J connectivity index is 3.20. The third-order valence-corrected chi connectivity index (χ3v) is 2.05. The number of aldehydes is 1. The Kier molecular flexibility index (Phi) is 3.85. The molecule has 0 N–H and O–H groups in total. The molecule has 0 heterocycles. The van der Waals surface area contributed by atoms with Gasteiger partial charge in [0.1, 0.15) is 6.29 Å². The van der Waals surface area contributed by atoms with E-state index in [-0.39, 0.29) is 11.8 Å². The van der Waals surface area contributed by atoms with Gasteiger partial charge < -0.3 is 8.92 Å². The smallest absolute Gasteiger partial charge is 0.402 e. The van der Waals surface area contributed by atoms with Crippen molar-refractivity contribution in [3.63, 3.8) is 0 Å². The summed E-state index contributed by atoms with van der Waals surface area (Å²) in [4.78, 5) is 10.4. The van der Waals surface area contributed by atoms with Crippen LogP contribution in [0.1, 0.15) is 10.4 Å². The van der Waals surface area contributed by atoms with Crippen molar-refractivity contribution in [2.24, 2.45) is 0 Å². The number of carbonyl (C=O) groups excluding carboxylic acids is 1. The monoisotopic (exact) mass is 284 g/mol. The molecule has 0 amide bonds. The Morgan fingerprint density at radius 1 is 1.22 bits per heavy atom. The van der Waals surface area contributed by atoms with Gasteiger partial charge in [-0.2, -0.15) is 8.42 Å². The van der Waals surface area contributed by atoms with Gasteiger partial charge in [-0.3, -0.25) is 4.79 Å². The van der Waals surface area contributed by atoms with Crippen LogP contribution < -0.4 is 8.92 Å². The molecule has 100 valence electrons. The van der Waals surface area contributed by atoms with E-state index >= 15 is 0 Å². The van der Waals surface area contributed by atoms with Crippen molar-refractivity contribution < 1.29 is 35.3 Å². The number of ether oxygens (including phenoxy) is 1. The number of benzene rings is 1. The molecule has 9 heteroatoms. The van der Waals surface area contributed by atoms with Crippen LogP contribution in [0.15, 0.2) is 18.2 Å². The summed E-state index contributed by atoms with van der Waals surface area (Å²) in [6.45, 7) is 0. The van der Waals surface area contributed by atoms with E-state index in [0.717, 1.165) is 18.2 Å². The highest BCUT2D eigenvalue weighted by Gasteiger charge is 2.33. The molecule has 0 aliphatic rings. The quantitative estimate of drug-likeness (QED) is 0.622. The predicted octanol–water partition coefficient (Wildman–Crippen LogP) is 1.74. The lowest BCUT2D eigenvalue weighted by Crippen LogP contribution is -2.18. The first-order chi connectivity index (χ1) is 8.11. The summed E-state index contributed by atoms with van der Waals surface area (Å²) >= 11 is 0. The fourth-order valence-electron chi connectivity index (χ4n) is 1.03. The van der Waals surface area contributed by atoms with Gasteiger partial charge in [-0.15, -0.1) is 13.2 Å². The summed E-state index contributed by atoms with van der Waals surface area (Å²) in [6.07, 6.45) is -4.08. The van der Waals surface area contributed by atoms with Crippen molar-refractivity contribution in [2.45, 2.75) is 6.36 Å². The summed E-state index contributed by atoms with van der Waals surface area (Å²) in [6, 6.07) is 2.71. The van der Waals surface area contributed by atoms with Crippen LogP contribution in [0.2, 0.25) is 0 Å². The largest absolute Gasteiger partial charge is 0.573 e. The molecular weight excluding hydrogens is 277 g/mol. The SMILES string of the molecule is CS(=O)(=O)Oc1ccc(C=O)cc1OC(F)(F)F. The van der Waals surface area contributed by atoms with Gasteiger partial charge in [0.15, 0.2) is 11.5 Å². The highest BCUT2D eigenvalue weighted by atomic mass is 32.2. The molecule has 0 aromatic heterocycles. The van der Waals surface area contributed by atoms with Crippen molar-refractivity contribution >= 4 is 16.4 Å². The van der Waals surface area contributed by atoms with E-state index in [1.807, 2.05) is 0 Å². The Morgan fingerprint density at radius 2 is 1.83 bits per heavy atom. The summed E-state index contributed by atoms with van der Waals surface area (Å²) in [7, 11) is -4.01. The van der Waals surface area contributed by atoms with E-state index in [1.165, 1.54) is 0 Å². The molecule has 0 unspecified atom stereocenters. The van der Waals surface area contributed by atoms with Gasteiger partial charge in [-0.25, -0.2) is 0 Å². The minimum absolute atomic E-state index is 0.116. The number of hydrogen-bond donors (Lipinski definition) is 0. The minimum atomic E-state index is -5.03. The van der Waals surface area contributed by atoms with Crippen molar-refractivity contribution in [1.82, 2.24) is 0 Å². The molecule has 0 saturated heterocycles. The van der Waals surface area contributed by atoms with Crippen LogP contribution in [0, 0.1) is 0 Å². The average molecular weight is 284 g/mol. The third-order valence-electron chi connectivity index (χ3n) is 1.57. The Hall–Kier alpha value is -1.77. The first-order valence-corrected chi connectivity index (χ1v) is 6.17. The number of alkyl halides is 3. The van der Waals surface area contributed by atoms with E-state index in [4.69, 9.17) is 0 Å². The van der Waals surface area contributed by atoms with Gasteiger partial charge in [0, 0.05) is 5.56 Å². The minimum Gasteiger partial charge on any atom is -0.402 e. The topological polar surface area (TPSA) is 69.7 Å². The second-order valence-electron chi connectivity index (χ2n) is 3.16. The zero-order valence-electron chi connectivity index (χ0n) is 8.89. The molecule has 0 atom stereocenters. The van der Waals surface area contributed by atoms with Crippen LogP contribution in [-0.4, -0.2) is 27.3 Å². The van der Waals surface area contributed by atoms with Crippen molar-refractivity contribution in [3.05, 3.63) is 23.8 Å². The molecule has 0 aliphatic carbocycles. The molecule has 18 heavy (non-hydrogen) atoms. The Labute approximate surface area is 100 Å². The number of hydrogen-bond acceptors (Lipinski definition) is 5. The molecule has 1 rings (SSSR count). The molecule has 0 saturated carbocycles. The number of carbonyl (C=O) groups is 1. The number of rotatable bonds is 4. The fraction of sp³-hybridized carbons (Fsp3) is 0.222. The fourth-order valence-corrected chi connectivity index (χ4v) is 1.50. The van der Waals surface area contributed by atoms with Gasteiger partial charge in [0.2, 0.25) is 0 Å². The molecule has 0 aliphatic heterocycles. The molecule has 0 bridgehead atoms. The molecule has 1 aromatic carbocycles. The summed E-state index contributed by atoms with van der Waals surface area (Å²) in [5.41, 5.74) is -0.116. The number of halogens is 3. The standard InChI is InChI=1S/C9H7F3O5S/c1-18(14,15)17-7-3-2-6(5-13)4-8(7)16-9(10,11)12/h2-5H,1H3. The molecule has 0 spiro atoms. The summed E-state index contributed by atoms with van der Waals surface area (Å²) < 4.78 is 65.8. The van der Waals surface area contributed by atoms with Gasteiger partial charge in [0.05, 0.1) is 6.26 Å². The molecule has 1 aromatic rings. The maximum absolute atomic E-state index is 12.1. The van der Waals surface area contributed by atoms with Crippen LogP contribution in [0.4, 0.5) is 13.2 Å². The summed E-state index contributed by atoms with van der Waals surface area (Å²) in [5, 5.41) is 0. The molecular formula is C9H7F3O5S. The Morgan fingerprint density at radius 3 is 2.28 bits per heavy atom. The lowest BCUT2D eigenvalue weighted by Gasteiger charge is -2.13. The van der Waals surface area contributed by atoms with Gasteiger partial charge in [0.25, 0.3) is 0 Å². The van der Waals surface area contributed by atoms with E-state index in [9.17, 15) is 26.4 Å². The summed E-state index contributed by atoms with van der Waals surface area (Å²) in [5.74, 6) is -1.56. The van der Waals surface area contributed by atoms with E-state index in [2.05, 4.69) is 8.92 Å². The van der Waals surface area contributed by atoms with Gasteiger partial charge in [-0.05, 0) is 18.2 Å². The first-order valence-electron chi connectivity index (χ1n) is 4.35.